The molecule has 32 heavy (non-hydrogen) atoms. The average molecular weight is 416 g/mol. The molecule has 2 aromatic carbocycles. The molecular weight excluding hydrogens is 394 g/mol. The molecule has 5 rings (SSSR count). The third-order valence-electron chi connectivity index (χ3n) is 5.10. The second kappa shape index (κ2) is 9.18. The summed E-state index contributed by atoms with van der Waals surface area (Å²) in [5, 5.41) is 3.42. The average Bonchev–Trinajstić information content (AvgIpc) is 2.89. The van der Waals surface area contributed by atoms with Crippen molar-refractivity contribution in [3.05, 3.63) is 115 Å². The van der Waals surface area contributed by atoms with Crippen LogP contribution in [-0.2, 0) is 6.54 Å². The zero-order valence-electron chi connectivity index (χ0n) is 17.4. The minimum atomic E-state index is 0.626. The topological polar surface area (TPSA) is 63.6 Å². The van der Waals surface area contributed by atoms with E-state index in [2.05, 4.69) is 33.5 Å². The Kier molecular flexibility index (Phi) is 5.62. The minimum absolute atomic E-state index is 0.626. The molecule has 5 nitrogen and oxygen atoms in total. The van der Waals surface area contributed by atoms with Crippen LogP contribution in [0.3, 0.4) is 0 Å². The highest BCUT2D eigenvalue weighted by atomic mass is 15.0. The van der Waals surface area contributed by atoms with Gasteiger partial charge in [0.15, 0.2) is 5.82 Å². The van der Waals surface area contributed by atoms with Gasteiger partial charge in [-0.15, -0.1) is 0 Å². The lowest BCUT2D eigenvalue weighted by molar-refractivity contribution is 1.07. The molecule has 0 aliphatic carbocycles. The van der Waals surface area contributed by atoms with Crippen molar-refractivity contribution < 1.29 is 0 Å². The van der Waals surface area contributed by atoms with Crippen molar-refractivity contribution in [1.29, 1.82) is 0 Å². The third-order valence-corrected chi connectivity index (χ3v) is 5.10. The van der Waals surface area contributed by atoms with Crippen LogP contribution < -0.4 is 5.32 Å². The molecule has 0 atom stereocenters. The molecule has 0 radical (unpaired) electrons. The summed E-state index contributed by atoms with van der Waals surface area (Å²) < 4.78 is 0. The molecule has 0 amide bonds. The van der Waals surface area contributed by atoms with Gasteiger partial charge in [-0.3, -0.25) is 9.97 Å². The summed E-state index contributed by atoms with van der Waals surface area (Å²) >= 11 is 0. The molecule has 3 heterocycles. The van der Waals surface area contributed by atoms with Gasteiger partial charge in [0.2, 0.25) is 0 Å². The Morgan fingerprint density at radius 2 is 1.34 bits per heavy atom. The fourth-order valence-corrected chi connectivity index (χ4v) is 3.47. The van der Waals surface area contributed by atoms with Crippen molar-refractivity contribution in [2.75, 3.05) is 5.32 Å². The van der Waals surface area contributed by atoms with Crippen LogP contribution in [0.1, 0.15) is 5.56 Å². The fourth-order valence-electron chi connectivity index (χ4n) is 3.47. The molecule has 0 saturated heterocycles. The molecule has 0 unspecified atom stereocenters. The number of benzene rings is 2. The molecule has 0 spiro atoms. The van der Waals surface area contributed by atoms with Gasteiger partial charge in [-0.1, -0.05) is 66.7 Å². The summed E-state index contributed by atoms with van der Waals surface area (Å²) in [6.45, 7) is 0.626. The number of nitrogens with one attached hydrogen (secondary N) is 1. The van der Waals surface area contributed by atoms with Crippen LogP contribution in [0, 0.1) is 0 Å². The van der Waals surface area contributed by atoms with E-state index >= 15 is 0 Å². The van der Waals surface area contributed by atoms with Gasteiger partial charge >= 0.3 is 0 Å². The van der Waals surface area contributed by atoms with Crippen LogP contribution in [-0.4, -0.2) is 19.9 Å². The van der Waals surface area contributed by atoms with Gasteiger partial charge in [-0.2, -0.15) is 0 Å². The van der Waals surface area contributed by atoms with Crippen LogP contribution in [0.25, 0.3) is 33.8 Å². The van der Waals surface area contributed by atoms with E-state index in [0.717, 1.165) is 39.3 Å². The molecule has 5 heteroatoms. The van der Waals surface area contributed by atoms with Crippen LogP contribution in [0.15, 0.2) is 110 Å². The minimum Gasteiger partial charge on any atom is -0.366 e. The number of anilines is 1. The van der Waals surface area contributed by atoms with E-state index in [-0.39, 0.29) is 0 Å². The lowest BCUT2D eigenvalue weighted by Crippen LogP contribution is -2.04. The Bertz CT molecular complexity index is 1310. The largest absolute Gasteiger partial charge is 0.366 e. The predicted octanol–water partition coefficient (Wildman–Crippen LogP) is 5.88. The number of hydrogen-bond donors (Lipinski definition) is 1. The molecule has 0 aliphatic heterocycles. The first kappa shape index (κ1) is 19.6. The van der Waals surface area contributed by atoms with Crippen molar-refractivity contribution in [1.82, 2.24) is 19.9 Å². The van der Waals surface area contributed by atoms with E-state index in [4.69, 9.17) is 9.97 Å². The van der Waals surface area contributed by atoms with Crippen molar-refractivity contribution >= 4 is 5.82 Å². The molecule has 0 aliphatic rings. The van der Waals surface area contributed by atoms with Crippen LogP contribution in [0.5, 0.6) is 0 Å². The third kappa shape index (κ3) is 4.52. The van der Waals surface area contributed by atoms with Crippen molar-refractivity contribution in [2.45, 2.75) is 6.54 Å². The molecule has 0 fully saturated rings. The van der Waals surface area contributed by atoms with Crippen LogP contribution in [0.4, 0.5) is 5.82 Å². The van der Waals surface area contributed by atoms with E-state index < -0.39 is 0 Å². The maximum atomic E-state index is 4.86. The summed E-state index contributed by atoms with van der Waals surface area (Å²) in [4.78, 5) is 18.3. The first-order valence-corrected chi connectivity index (χ1v) is 10.4. The second-order valence-electron chi connectivity index (χ2n) is 7.37. The van der Waals surface area contributed by atoms with Crippen molar-refractivity contribution in [2.24, 2.45) is 0 Å². The first-order chi connectivity index (χ1) is 15.8. The quantitative estimate of drug-likeness (QED) is 0.375. The smallest absolute Gasteiger partial charge is 0.162 e. The van der Waals surface area contributed by atoms with Gasteiger partial charge in [-0.05, 0) is 23.3 Å². The van der Waals surface area contributed by atoms with Gasteiger partial charge in [0.1, 0.15) is 5.82 Å². The number of rotatable bonds is 6. The number of nitrogens with zero attached hydrogens (tertiary/aromatic N) is 4. The zero-order valence-corrected chi connectivity index (χ0v) is 17.4. The Morgan fingerprint density at radius 3 is 2.09 bits per heavy atom. The van der Waals surface area contributed by atoms with E-state index in [1.807, 2.05) is 85.3 Å². The van der Waals surface area contributed by atoms with E-state index in [0.29, 0.717) is 12.4 Å². The number of hydrogen-bond acceptors (Lipinski definition) is 5. The molecule has 1 N–H and O–H groups in total. The summed E-state index contributed by atoms with van der Waals surface area (Å²) in [7, 11) is 0. The Balaban J connectivity index is 1.54. The molecule has 0 saturated carbocycles. The SMILES string of the molecule is c1ccc(-c2cncc(-c3cc(NCc4cccnc4)nc(-c4ccccc4)n3)c2)cc1. The number of pyridine rings is 2. The summed E-state index contributed by atoms with van der Waals surface area (Å²) in [5.74, 6) is 1.42. The van der Waals surface area contributed by atoms with E-state index in [1.54, 1.807) is 6.20 Å². The summed E-state index contributed by atoms with van der Waals surface area (Å²) in [6, 6.07) is 28.3. The van der Waals surface area contributed by atoms with Crippen molar-refractivity contribution in [3.8, 4) is 33.8 Å². The first-order valence-electron chi connectivity index (χ1n) is 10.4. The highest BCUT2D eigenvalue weighted by Crippen LogP contribution is 2.27. The van der Waals surface area contributed by atoms with E-state index in [9.17, 15) is 0 Å². The van der Waals surface area contributed by atoms with Gasteiger partial charge < -0.3 is 5.32 Å². The van der Waals surface area contributed by atoms with Crippen LogP contribution >= 0.6 is 0 Å². The maximum Gasteiger partial charge on any atom is 0.162 e. The highest BCUT2D eigenvalue weighted by molar-refractivity contribution is 5.72. The fraction of sp³-hybridized carbons (Fsp3) is 0.0370. The Hall–Kier alpha value is -4.38. The molecule has 5 aromatic rings. The zero-order chi connectivity index (χ0) is 21.6. The van der Waals surface area contributed by atoms with Gasteiger partial charge in [0.25, 0.3) is 0 Å². The molecule has 154 valence electrons. The van der Waals surface area contributed by atoms with Gasteiger partial charge in [0.05, 0.1) is 5.69 Å². The standard InChI is InChI=1S/C27H21N5/c1-3-9-21(10-4-1)23-14-24(19-29-18-23)25-15-26(30-17-20-8-7-13-28-16-20)32-27(31-25)22-11-5-2-6-12-22/h1-16,18-19H,17H2,(H,30,31,32). The van der Waals surface area contributed by atoms with E-state index in [1.165, 1.54) is 0 Å². The van der Waals surface area contributed by atoms with Crippen LogP contribution in [0.2, 0.25) is 0 Å². The normalized spacial score (nSPS) is 10.6. The summed E-state index contributed by atoms with van der Waals surface area (Å²) in [6.07, 6.45) is 7.33. The maximum absolute atomic E-state index is 4.86. The lowest BCUT2D eigenvalue weighted by atomic mass is 10.0. The molecular formula is C27H21N5. The Labute approximate surface area is 186 Å². The summed E-state index contributed by atoms with van der Waals surface area (Å²) in [5.41, 5.74) is 5.97. The van der Waals surface area contributed by atoms with Gasteiger partial charge in [-0.25, -0.2) is 9.97 Å². The predicted molar refractivity (Wildman–Crippen MR) is 128 cm³/mol. The monoisotopic (exact) mass is 415 g/mol. The lowest BCUT2D eigenvalue weighted by Gasteiger charge is -2.11. The van der Waals surface area contributed by atoms with Crippen molar-refractivity contribution in [3.63, 3.8) is 0 Å². The van der Waals surface area contributed by atoms with Gasteiger partial charge in [0, 0.05) is 54.1 Å². The highest BCUT2D eigenvalue weighted by Gasteiger charge is 2.10. The molecule has 0 bridgehead atoms. The Morgan fingerprint density at radius 1 is 0.594 bits per heavy atom. The molecule has 3 aromatic heterocycles. The number of aromatic nitrogens is 4. The second-order valence-corrected chi connectivity index (χ2v) is 7.37.